The molecule has 0 aliphatic heterocycles. The summed E-state index contributed by atoms with van der Waals surface area (Å²) in [4.78, 5) is 2.52. The SMILES string of the molecule is Fc1ccc(CN(CCBr)C2CCCC2)cc1Br. The molecule has 1 nitrogen and oxygen atoms in total. The summed E-state index contributed by atoms with van der Waals surface area (Å²) in [6.45, 7) is 1.97. The van der Waals surface area contributed by atoms with Crippen molar-refractivity contribution < 1.29 is 4.39 Å². The fraction of sp³-hybridized carbons (Fsp3) is 0.571. The minimum absolute atomic E-state index is 0.188. The van der Waals surface area contributed by atoms with E-state index in [9.17, 15) is 4.39 Å². The Kier molecular flexibility index (Phi) is 5.64. The highest BCUT2D eigenvalue weighted by Gasteiger charge is 2.22. The van der Waals surface area contributed by atoms with Crippen LogP contribution in [0, 0.1) is 5.82 Å². The molecular formula is C14H18Br2FN. The van der Waals surface area contributed by atoms with E-state index in [1.807, 2.05) is 12.1 Å². The number of hydrogen-bond acceptors (Lipinski definition) is 1. The second-order valence-electron chi connectivity index (χ2n) is 4.85. The summed E-state index contributed by atoms with van der Waals surface area (Å²) in [6.07, 6.45) is 5.29. The van der Waals surface area contributed by atoms with E-state index in [0.29, 0.717) is 10.5 Å². The summed E-state index contributed by atoms with van der Waals surface area (Å²) in [5.74, 6) is -0.188. The molecule has 0 spiro atoms. The summed E-state index contributed by atoms with van der Waals surface area (Å²) in [7, 11) is 0. The van der Waals surface area contributed by atoms with Crippen LogP contribution in [-0.2, 0) is 6.54 Å². The lowest BCUT2D eigenvalue weighted by atomic mass is 10.1. The first kappa shape index (κ1) is 14.5. The maximum atomic E-state index is 13.2. The van der Waals surface area contributed by atoms with Crippen LogP contribution in [0.5, 0.6) is 0 Å². The Morgan fingerprint density at radius 3 is 2.61 bits per heavy atom. The van der Waals surface area contributed by atoms with Gasteiger partial charge in [-0.3, -0.25) is 4.90 Å². The van der Waals surface area contributed by atoms with E-state index >= 15 is 0 Å². The molecule has 1 saturated carbocycles. The van der Waals surface area contributed by atoms with Crippen LogP contribution in [0.4, 0.5) is 4.39 Å². The molecule has 0 heterocycles. The van der Waals surface area contributed by atoms with Crippen molar-refractivity contribution >= 4 is 31.9 Å². The predicted octanol–water partition coefficient (Wildman–Crippen LogP) is 4.73. The molecule has 1 aliphatic carbocycles. The molecule has 0 amide bonds. The molecule has 0 unspecified atom stereocenters. The Morgan fingerprint density at radius 2 is 2.00 bits per heavy atom. The van der Waals surface area contributed by atoms with Gasteiger partial charge >= 0.3 is 0 Å². The molecular weight excluding hydrogens is 361 g/mol. The lowest BCUT2D eigenvalue weighted by Gasteiger charge is -2.28. The number of hydrogen-bond donors (Lipinski definition) is 0. The monoisotopic (exact) mass is 377 g/mol. The van der Waals surface area contributed by atoms with Gasteiger partial charge < -0.3 is 0 Å². The smallest absolute Gasteiger partial charge is 0.137 e. The number of nitrogens with zero attached hydrogens (tertiary/aromatic N) is 1. The molecule has 1 aromatic rings. The standard InChI is InChI=1S/C14H18Br2FN/c15-7-8-18(12-3-1-2-4-12)10-11-5-6-14(17)13(16)9-11/h5-6,9,12H,1-4,7-8,10H2. The zero-order valence-corrected chi connectivity index (χ0v) is 13.5. The zero-order chi connectivity index (χ0) is 13.0. The summed E-state index contributed by atoms with van der Waals surface area (Å²) in [6, 6.07) is 6.02. The number of alkyl halides is 1. The number of rotatable bonds is 5. The Hall–Kier alpha value is 0.0700. The van der Waals surface area contributed by atoms with E-state index < -0.39 is 0 Å². The quantitative estimate of drug-likeness (QED) is 0.669. The van der Waals surface area contributed by atoms with E-state index in [0.717, 1.165) is 18.4 Å². The Bertz CT molecular complexity index is 391. The van der Waals surface area contributed by atoms with Crippen LogP contribution in [0.15, 0.2) is 22.7 Å². The topological polar surface area (TPSA) is 3.24 Å². The van der Waals surface area contributed by atoms with Gasteiger partial charge in [-0.05, 0) is 46.5 Å². The van der Waals surface area contributed by atoms with Crippen molar-refractivity contribution in [3.8, 4) is 0 Å². The Balaban J connectivity index is 2.04. The molecule has 0 aromatic heterocycles. The van der Waals surface area contributed by atoms with Gasteiger partial charge in [0.1, 0.15) is 5.82 Å². The summed E-state index contributed by atoms with van der Waals surface area (Å²) < 4.78 is 13.8. The van der Waals surface area contributed by atoms with Gasteiger partial charge in [-0.1, -0.05) is 34.8 Å². The van der Waals surface area contributed by atoms with Crippen LogP contribution < -0.4 is 0 Å². The largest absolute Gasteiger partial charge is 0.295 e. The second-order valence-corrected chi connectivity index (χ2v) is 6.49. The number of benzene rings is 1. The van der Waals surface area contributed by atoms with Crippen molar-refractivity contribution in [2.75, 3.05) is 11.9 Å². The van der Waals surface area contributed by atoms with Gasteiger partial charge in [0.2, 0.25) is 0 Å². The first-order valence-electron chi connectivity index (χ1n) is 6.44. The first-order valence-corrected chi connectivity index (χ1v) is 8.36. The molecule has 0 bridgehead atoms. The molecule has 1 aliphatic rings. The van der Waals surface area contributed by atoms with Gasteiger partial charge in [-0.25, -0.2) is 4.39 Å². The molecule has 1 fully saturated rings. The van der Waals surface area contributed by atoms with Gasteiger partial charge in [0, 0.05) is 24.5 Å². The van der Waals surface area contributed by atoms with E-state index in [4.69, 9.17) is 0 Å². The Labute approximate surface area is 125 Å². The molecule has 100 valence electrons. The van der Waals surface area contributed by atoms with E-state index in [1.165, 1.54) is 31.2 Å². The van der Waals surface area contributed by atoms with Gasteiger partial charge in [0.25, 0.3) is 0 Å². The molecule has 1 aromatic carbocycles. The van der Waals surface area contributed by atoms with Gasteiger partial charge in [0.15, 0.2) is 0 Å². The molecule has 0 radical (unpaired) electrons. The van der Waals surface area contributed by atoms with Gasteiger partial charge in [-0.2, -0.15) is 0 Å². The normalized spacial score (nSPS) is 16.7. The van der Waals surface area contributed by atoms with Crippen LogP contribution in [0.1, 0.15) is 31.2 Å². The van der Waals surface area contributed by atoms with Crippen LogP contribution in [0.3, 0.4) is 0 Å². The van der Waals surface area contributed by atoms with Crippen molar-refractivity contribution in [3.05, 3.63) is 34.1 Å². The summed E-state index contributed by atoms with van der Waals surface area (Å²) in [5.41, 5.74) is 1.18. The highest BCUT2D eigenvalue weighted by Crippen LogP contribution is 2.26. The first-order chi connectivity index (χ1) is 8.70. The summed E-state index contributed by atoms with van der Waals surface area (Å²) >= 11 is 6.78. The molecule has 18 heavy (non-hydrogen) atoms. The average Bonchev–Trinajstić information content (AvgIpc) is 2.87. The fourth-order valence-electron chi connectivity index (χ4n) is 2.64. The van der Waals surface area contributed by atoms with Crippen molar-refractivity contribution in [2.24, 2.45) is 0 Å². The van der Waals surface area contributed by atoms with Crippen molar-refractivity contribution in [3.63, 3.8) is 0 Å². The molecule has 0 saturated heterocycles. The molecule has 4 heteroatoms. The third-order valence-electron chi connectivity index (χ3n) is 3.58. The summed E-state index contributed by atoms with van der Waals surface area (Å²) in [5, 5.41) is 0.992. The van der Waals surface area contributed by atoms with Crippen LogP contribution in [0.2, 0.25) is 0 Å². The maximum Gasteiger partial charge on any atom is 0.137 e. The van der Waals surface area contributed by atoms with Crippen LogP contribution >= 0.6 is 31.9 Å². The third kappa shape index (κ3) is 3.78. The van der Waals surface area contributed by atoms with Crippen molar-refractivity contribution in [1.29, 1.82) is 0 Å². The van der Waals surface area contributed by atoms with Gasteiger partial charge in [-0.15, -0.1) is 0 Å². The maximum absolute atomic E-state index is 13.2. The molecule has 0 N–H and O–H groups in total. The third-order valence-corrected chi connectivity index (χ3v) is 4.54. The lowest BCUT2D eigenvalue weighted by molar-refractivity contribution is 0.202. The lowest BCUT2D eigenvalue weighted by Crippen LogP contribution is -2.34. The fourth-order valence-corrected chi connectivity index (χ4v) is 3.52. The Morgan fingerprint density at radius 1 is 1.28 bits per heavy atom. The van der Waals surface area contributed by atoms with E-state index in [2.05, 4.69) is 36.8 Å². The van der Waals surface area contributed by atoms with Crippen LogP contribution in [-0.4, -0.2) is 22.8 Å². The molecule has 0 atom stereocenters. The highest BCUT2D eigenvalue weighted by molar-refractivity contribution is 9.10. The minimum atomic E-state index is -0.188. The zero-order valence-electron chi connectivity index (χ0n) is 10.3. The van der Waals surface area contributed by atoms with Crippen molar-refractivity contribution in [1.82, 2.24) is 4.90 Å². The van der Waals surface area contributed by atoms with E-state index in [-0.39, 0.29) is 5.82 Å². The minimum Gasteiger partial charge on any atom is -0.295 e. The highest BCUT2D eigenvalue weighted by atomic mass is 79.9. The predicted molar refractivity (Wildman–Crippen MR) is 80.6 cm³/mol. The van der Waals surface area contributed by atoms with Gasteiger partial charge in [0.05, 0.1) is 4.47 Å². The number of halogens is 3. The van der Waals surface area contributed by atoms with Crippen molar-refractivity contribution in [2.45, 2.75) is 38.3 Å². The second kappa shape index (κ2) is 7.01. The van der Waals surface area contributed by atoms with Crippen LogP contribution in [0.25, 0.3) is 0 Å². The van der Waals surface area contributed by atoms with E-state index in [1.54, 1.807) is 6.07 Å². The average molecular weight is 379 g/mol. The molecule has 2 rings (SSSR count).